The van der Waals surface area contributed by atoms with Crippen LogP contribution in [-0.4, -0.2) is 29.9 Å². The lowest BCUT2D eigenvalue weighted by Gasteiger charge is -2.41. The molecule has 1 aromatic rings. The van der Waals surface area contributed by atoms with E-state index in [9.17, 15) is 4.79 Å². The molecule has 3 nitrogen and oxygen atoms in total. The highest BCUT2D eigenvalue weighted by Crippen LogP contribution is 2.26. The van der Waals surface area contributed by atoms with Crippen LogP contribution in [0.3, 0.4) is 0 Å². The summed E-state index contributed by atoms with van der Waals surface area (Å²) in [4.78, 5) is 14.5. The second kappa shape index (κ2) is 5.74. The number of benzene rings is 1. The van der Waals surface area contributed by atoms with E-state index in [1.165, 1.54) is 0 Å². The van der Waals surface area contributed by atoms with Gasteiger partial charge < -0.3 is 10.2 Å². The topological polar surface area (TPSA) is 32.3 Å². The first-order valence-corrected chi connectivity index (χ1v) is 7.47. The van der Waals surface area contributed by atoms with Crippen LogP contribution in [0, 0.1) is 5.41 Å². The largest absolute Gasteiger partial charge is 0.336 e. The summed E-state index contributed by atoms with van der Waals surface area (Å²) in [6, 6.07) is 8.21. The zero-order valence-corrected chi connectivity index (χ0v) is 13.4. The van der Waals surface area contributed by atoms with Crippen LogP contribution < -0.4 is 5.32 Å². The smallest absolute Gasteiger partial charge is 0.228 e. The van der Waals surface area contributed by atoms with E-state index in [0.29, 0.717) is 6.54 Å². The molecule has 0 unspecified atom stereocenters. The summed E-state index contributed by atoms with van der Waals surface area (Å²) in [5, 5.41) is 4.23. The quantitative estimate of drug-likeness (QED) is 0.862. The van der Waals surface area contributed by atoms with Crippen molar-refractivity contribution in [2.45, 2.75) is 39.8 Å². The van der Waals surface area contributed by atoms with Gasteiger partial charge in [-0.15, -0.1) is 0 Å². The lowest BCUT2D eigenvalue weighted by atomic mass is 9.92. The van der Waals surface area contributed by atoms with Gasteiger partial charge >= 0.3 is 0 Å². The van der Waals surface area contributed by atoms with E-state index >= 15 is 0 Å². The molecule has 0 radical (unpaired) electrons. The molecule has 20 heavy (non-hydrogen) atoms. The van der Waals surface area contributed by atoms with Crippen LogP contribution >= 0.6 is 11.6 Å². The molecule has 1 amide bonds. The van der Waals surface area contributed by atoms with E-state index in [-0.39, 0.29) is 23.4 Å². The van der Waals surface area contributed by atoms with Crippen LogP contribution in [0.4, 0.5) is 0 Å². The van der Waals surface area contributed by atoms with Crippen LogP contribution in [-0.2, 0) is 4.79 Å². The van der Waals surface area contributed by atoms with Crippen molar-refractivity contribution in [1.82, 2.24) is 10.2 Å². The number of piperazine rings is 1. The van der Waals surface area contributed by atoms with Crippen molar-refractivity contribution in [3.63, 3.8) is 0 Å². The Labute approximate surface area is 126 Å². The van der Waals surface area contributed by atoms with E-state index in [0.717, 1.165) is 17.1 Å². The van der Waals surface area contributed by atoms with Crippen molar-refractivity contribution in [3.05, 3.63) is 34.9 Å². The molecule has 1 aliphatic rings. The van der Waals surface area contributed by atoms with E-state index in [4.69, 9.17) is 11.6 Å². The van der Waals surface area contributed by atoms with Crippen LogP contribution in [0.5, 0.6) is 0 Å². The molecule has 0 aromatic heterocycles. The summed E-state index contributed by atoms with van der Waals surface area (Å²) in [6.45, 7) is 9.50. The number of hydrogen-bond donors (Lipinski definition) is 1. The van der Waals surface area contributed by atoms with Gasteiger partial charge in [0.1, 0.15) is 0 Å². The molecule has 110 valence electrons. The number of nitrogens with one attached hydrogen (secondary N) is 1. The van der Waals surface area contributed by atoms with Crippen molar-refractivity contribution < 1.29 is 4.79 Å². The molecular formula is C16H23ClN2O. The molecule has 1 saturated heterocycles. The number of rotatable bonds is 1. The van der Waals surface area contributed by atoms with Crippen LogP contribution in [0.2, 0.25) is 5.02 Å². The number of amides is 1. The minimum absolute atomic E-state index is 0.149. The number of carbonyl (C=O) groups is 1. The van der Waals surface area contributed by atoms with Gasteiger partial charge in [-0.25, -0.2) is 0 Å². The predicted octanol–water partition coefficient (Wildman–Crippen LogP) is 3.25. The lowest BCUT2D eigenvalue weighted by Crippen LogP contribution is -2.56. The molecule has 1 N–H and O–H groups in total. The Morgan fingerprint density at radius 3 is 2.70 bits per heavy atom. The van der Waals surface area contributed by atoms with Gasteiger partial charge in [-0.3, -0.25) is 4.79 Å². The number of halogens is 1. The minimum Gasteiger partial charge on any atom is -0.336 e. The molecule has 1 aliphatic heterocycles. The van der Waals surface area contributed by atoms with Gasteiger partial charge in [0.25, 0.3) is 0 Å². The zero-order chi connectivity index (χ0) is 14.9. The van der Waals surface area contributed by atoms with Crippen molar-refractivity contribution >= 4 is 17.5 Å². The third-order valence-corrected chi connectivity index (χ3v) is 3.96. The molecule has 1 aromatic carbocycles. The first-order chi connectivity index (χ1) is 9.29. The lowest BCUT2D eigenvalue weighted by molar-refractivity contribution is -0.143. The monoisotopic (exact) mass is 294 g/mol. The Bertz CT molecular complexity index is 495. The van der Waals surface area contributed by atoms with E-state index in [2.05, 4.69) is 18.3 Å². The second-order valence-electron chi connectivity index (χ2n) is 6.57. The minimum atomic E-state index is -0.343. The van der Waals surface area contributed by atoms with Gasteiger partial charge in [-0.05, 0) is 24.6 Å². The molecule has 1 heterocycles. The molecule has 2 rings (SSSR count). The molecule has 1 fully saturated rings. The predicted molar refractivity (Wildman–Crippen MR) is 82.8 cm³/mol. The number of carbonyl (C=O) groups excluding carboxylic acids is 1. The molecule has 0 bridgehead atoms. The molecule has 0 aliphatic carbocycles. The molecular weight excluding hydrogens is 272 g/mol. The summed E-state index contributed by atoms with van der Waals surface area (Å²) >= 11 is 6.06. The van der Waals surface area contributed by atoms with Gasteiger partial charge in [-0.2, -0.15) is 0 Å². The van der Waals surface area contributed by atoms with Crippen molar-refractivity contribution in [2.24, 2.45) is 5.41 Å². The highest BCUT2D eigenvalue weighted by molar-refractivity contribution is 6.30. The van der Waals surface area contributed by atoms with Crippen molar-refractivity contribution in [1.29, 1.82) is 0 Å². The maximum Gasteiger partial charge on any atom is 0.228 e. The highest BCUT2D eigenvalue weighted by atomic mass is 35.5. The first kappa shape index (κ1) is 15.3. The summed E-state index contributed by atoms with van der Waals surface area (Å²) in [6.07, 6.45) is 0. The zero-order valence-electron chi connectivity index (χ0n) is 12.6. The Hall–Kier alpha value is -1.06. The van der Waals surface area contributed by atoms with E-state index in [1.807, 2.05) is 43.9 Å². The van der Waals surface area contributed by atoms with E-state index < -0.39 is 0 Å². The highest BCUT2D eigenvalue weighted by Gasteiger charge is 2.34. The first-order valence-electron chi connectivity index (χ1n) is 7.09. The van der Waals surface area contributed by atoms with Crippen LogP contribution in [0.25, 0.3) is 0 Å². The fraction of sp³-hybridized carbons (Fsp3) is 0.562. The molecule has 0 saturated carbocycles. The average molecular weight is 295 g/mol. The Morgan fingerprint density at radius 1 is 1.40 bits per heavy atom. The number of hydrogen-bond acceptors (Lipinski definition) is 2. The van der Waals surface area contributed by atoms with Crippen molar-refractivity contribution in [2.75, 3.05) is 13.1 Å². The van der Waals surface area contributed by atoms with Crippen LogP contribution in [0.1, 0.15) is 39.3 Å². The fourth-order valence-electron chi connectivity index (χ4n) is 2.52. The molecule has 2 atom stereocenters. The maximum absolute atomic E-state index is 12.5. The van der Waals surface area contributed by atoms with Crippen molar-refractivity contribution in [3.8, 4) is 0 Å². The summed E-state index contributed by atoms with van der Waals surface area (Å²) in [5.41, 5.74) is 0.793. The number of nitrogens with zero attached hydrogens (tertiary/aromatic N) is 1. The SMILES string of the molecule is C[C@@H]1CN[C@@H](c2cccc(Cl)c2)CN1C(=O)C(C)(C)C. The van der Waals surface area contributed by atoms with Gasteiger partial charge in [0, 0.05) is 29.6 Å². The van der Waals surface area contributed by atoms with Gasteiger partial charge in [0.05, 0.1) is 6.04 Å². The van der Waals surface area contributed by atoms with E-state index in [1.54, 1.807) is 0 Å². The van der Waals surface area contributed by atoms with Gasteiger partial charge in [0.15, 0.2) is 0 Å². The Balaban J connectivity index is 2.18. The third kappa shape index (κ3) is 3.33. The Kier molecular flexibility index (Phi) is 4.40. The van der Waals surface area contributed by atoms with Gasteiger partial charge in [-0.1, -0.05) is 44.5 Å². The average Bonchev–Trinajstić information content (AvgIpc) is 2.37. The second-order valence-corrected chi connectivity index (χ2v) is 7.01. The summed E-state index contributed by atoms with van der Waals surface area (Å²) in [7, 11) is 0. The molecule has 0 spiro atoms. The van der Waals surface area contributed by atoms with Crippen LogP contribution in [0.15, 0.2) is 24.3 Å². The summed E-state index contributed by atoms with van der Waals surface area (Å²) < 4.78 is 0. The van der Waals surface area contributed by atoms with Gasteiger partial charge in [0.2, 0.25) is 5.91 Å². The standard InChI is InChI=1S/C16H23ClN2O/c1-11-9-18-14(12-6-5-7-13(17)8-12)10-19(11)15(20)16(2,3)4/h5-8,11,14,18H,9-10H2,1-4H3/t11-,14-/m1/s1. The Morgan fingerprint density at radius 2 is 2.10 bits per heavy atom. The third-order valence-electron chi connectivity index (χ3n) is 3.72. The fourth-order valence-corrected chi connectivity index (χ4v) is 2.72. The maximum atomic E-state index is 12.5. The molecule has 4 heteroatoms. The normalized spacial score (nSPS) is 23.8. The summed E-state index contributed by atoms with van der Waals surface area (Å²) in [5.74, 6) is 0.207.